The Morgan fingerprint density at radius 2 is 1.71 bits per heavy atom. The van der Waals surface area contributed by atoms with Crippen LogP contribution in [0.1, 0.15) is 11.1 Å². The van der Waals surface area contributed by atoms with Crippen LogP contribution in [0, 0.1) is 12.7 Å². The first-order valence-corrected chi connectivity index (χ1v) is 6.76. The maximum Gasteiger partial charge on any atom is 0.161 e. The molecule has 0 aliphatic carbocycles. The molecule has 0 aliphatic rings. The first-order valence-electron chi connectivity index (χ1n) is 6.76. The highest BCUT2D eigenvalue weighted by Gasteiger charge is 2.13. The van der Waals surface area contributed by atoms with Crippen LogP contribution in [0.25, 0.3) is 11.1 Å². The number of hydrogen-bond acceptors (Lipinski definition) is 3. The molecule has 0 unspecified atom stereocenters. The minimum atomic E-state index is -0.200. The molecule has 0 heterocycles. The van der Waals surface area contributed by atoms with Gasteiger partial charge in [0.1, 0.15) is 5.82 Å². The van der Waals surface area contributed by atoms with E-state index in [1.165, 1.54) is 6.07 Å². The monoisotopic (exact) mass is 289 g/mol. The van der Waals surface area contributed by atoms with Gasteiger partial charge in [-0.3, -0.25) is 0 Å². The van der Waals surface area contributed by atoms with Gasteiger partial charge in [-0.25, -0.2) is 4.39 Å². The summed E-state index contributed by atoms with van der Waals surface area (Å²) in [5, 5.41) is 3.14. The normalized spacial score (nSPS) is 10.5. The molecule has 0 aromatic heterocycles. The van der Waals surface area contributed by atoms with E-state index in [0.29, 0.717) is 23.6 Å². The predicted octanol–water partition coefficient (Wildman–Crippen LogP) is 3.54. The average Bonchev–Trinajstić information content (AvgIpc) is 2.50. The van der Waals surface area contributed by atoms with E-state index >= 15 is 0 Å². The number of nitrogens with one attached hydrogen (secondary N) is 1. The molecule has 2 aromatic rings. The minimum Gasteiger partial charge on any atom is -0.493 e. The molecule has 0 saturated heterocycles. The molecule has 0 bridgehead atoms. The Hall–Kier alpha value is -2.07. The summed E-state index contributed by atoms with van der Waals surface area (Å²) in [6, 6.07) is 8.99. The second-order valence-corrected chi connectivity index (χ2v) is 4.86. The number of benzene rings is 2. The second-order valence-electron chi connectivity index (χ2n) is 4.86. The van der Waals surface area contributed by atoms with E-state index in [2.05, 4.69) is 5.32 Å². The smallest absolute Gasteiger partial charge is 0.161 e. The Morgan fingerprint density at radius 3 is 2.29 bits per heavy atom. The number of methoxy groups -OCH3 is 2. The third-order valence-corrected chi connectivity index (χ3v) is 3.45. The minimum absolute atomic E-state index is 0.200. The zero-order valence-corrected chi connectivity index (χ0v) is 12.8. The van der Waals surface area contributed by atoms with Gasteiger partial charge < -0.3 is 14.8 Å². The molecular weight excluding hydrogens is 269 g/mol. The summed E-state index contributed by atoms with van der Waals surface area (Å²) < 4.78 is 24.2. The summed E-state index contributed by atoms with van der Waals surface area (Å²) in [5.41, 5.74) is 3.66. The predicted molar refractivity (Wildman–Crippen MR) is 82.4 cm³/mol. The molecule has 2 rings (SSSR count). The van der Waals surface area contributed by atoms with Gasteiger partial charge in [-0.2, -0.15) is 0 Å². The Balaban J connectivity index is 2.61. The highest BCUT2D eigenvalue weighted by molar-refractivity contribution is 5.72. The molecule has 2 aromatic carbocycles. The fourth-order valence-electron chi connectivity index (χ4n) is 2.34. The van der Waals surface area contributed by atoms with E-state index in [1.54, 1.807) is 27.2 Å². The molecule has 1 N–H and O–H groups in total. The van der Waals surface area contributed by atoms with Crippen LogP contribution in [-0.2, 0) is 6.54 Å². The Kier molecular flexibility index (Phi) is 4.81. The molecule has 0 spiro atoms. The van der Waals surface area contributed by atoms with Crippen molar-refractivity contribution in [3.8, 4) is 22.6 Å². The van der Waals surface area contributed by atoms with Crippen LogP contribution in [0.5, 0.6) is 11.5 Å². The second kappa shape index (κ2) is 6.59. The van der Waals surface area contributed by atoms with E-state index in [1.807, 2.05) is 25.2 Å². The quantitative estimate of drug-likeness (QED) is 0.913. The number of halogens is 1. The van der Waals surface area contributed by atoms with Gasteiger partial charge >= 0.3 is 0 Å². The Morgan fingerprint density at radius 1 is 1.05 bits per heavy atom. The highest BCUT2D eigenvalue weighted by Crippen LogP contribution is 2.36. The summed E-state index contributed by atoms with van der Waals surface area (Å²) in [6.45, 7) is 2.45. The van der Waals surface area contributed by atoms with Gasteiger partial charge in [-0.15, -0.1) is 0 Å². The lowest BCUT2D eigenvalue weighted by Crippen LogP contribution is -2.07. The fraction of sp³-hybridized carbons (Fsp3) is 0.294. The third kappa shape index (κ3) is 3.16. The molecule has 0 fully saturated rings. The molecule has 0 saturated carbocycles. The van der Waals surface area contributed by atoms with E-state index in [-0.39, 0.29) is 5.82 Å². The molecule has 21 heavy (non-hydrogen) atoms. The standard InChI is InChI=1S/C17H20FNO2/c1-11-7-12(5-6-15(11)18)14-9-17(21-4)16(20-3)8-13(14)10-19-2/h5-9,19H,10H2,1-4H3. The van der Waals surface area contributed by atoms with Crippen LogP contribution in [0.3, 0.4) is 0 Å². The van der Waals surface area contributed by atoms with Crippen molar-refractivity contribution in [2.45, 2.75) is 13.5 Å². The maximum atomic E-state index is 13.5. The van der Waals surface area contributed by atoms with Gasteiger partial charge in [-0.05, 0) is 60.5 Å². The SMILES string of the molecule is CNCc1cc(OC)c(OC)cc1-c1ccc(F)c(C)c1. The molecule has 0 radical (unpaired) electrons. The maximum absolute atomic E-state index is 13.5. The number of ether oxygens (including phenoxy) is 2. The molecule has 0 aliphatic heterocycles. The summed E-state index contributed by atoms with van der Waals surface area (Å²) in [7, 11) is 5.11. The number of hydrogen-bond donors (Lipinski definition) is 1. The third-order valence-electron chi connectivity index (χ3n) is 3.45. The number of aryl methyl sites for hydroxylation is 1. The number of rotatable bonds is 5. The summed E-state index contributed by atoms with van der Waals surface area (Å²) in [5.74, 6) is 1.15. The lowest BCUT2D eigenvalue weighted by molar-refractivity contribution is 0.354. The van der Waals surface area contributed by atoms with Crippen molar-refractivity contribution in [3.63, 3.8) is 0 Å². The Labute approximate surface area is 124 Å². The van der Waals surface area contributed by atoms with Crippen molar-refractivity contribution < 1.29 is 13.9 Å². The van der Waals surface area contributed by atoms with Crippen LogP contribution in [-0.4, -0.2) is 21.3 Å². The van der Waals surface area contributed by atoms with Crippen molar-refractivity contribution in [3.05, 3.63) is 47.3 Å². The van der Waals surface area contributed by atoms with Gasteiger partial charge in [0.05, 0.1) is 14.2 Å². The van der Waals surface area contributed by atoms with Crippen molar-refractivity contribution in [1.82, 2.24) is 5.32 Å². The summed E-state index contributed by atoms with van der Waals surface area (Å²) in [4.78, 5) is 0. The van der Waals surface area contributed by atoms with Crippen LogP contribution in [0.4, 0.5) is 4.39 Å². The molecular formula is C17H20FNO2. The Bertz CT molecular complexity index is 641. The van der Waals surface area contributed by atoms with E-state index in [9.17, 15) is 4.39 Å². The molecule has 0 amide bonds. The zero-order chi connectivity index (χ0) is 15.4. The molecule has 4 heteroatoms. The van der Waals surface area contributed by atoms with Gasteiger partial charge in [-0.1, -0.05) is 6.07 Å². The molecule has 3 nitrogen and oxygen atoms in total. The fourth-order valence-corrected chi connectivity index (χ4v) is 2.34. The van der Waals surface area contributed by atoms with Crippen LogP contribution in [0.2, 0.25) is 0 Å². The van der Waals surface area contributed by atoms with E-state index in [4.69, 9.17) is 9.47 Å². The first-order chi connectivity index (χ1) is 10.1. The van der Waals surface area contributed by atoms with Crippen molar-refractivity contribution in [2.75, 3.05) is 21.3 Å². The van der Waals surface area contributed by atoms with Gasteiger partial charge in [0, 0.05) is 6.54 Å². The lowest BCUT2D eigenvalue weighted by Gasteiger charge is -2.15. The van der Waals surface area contributed by atoms with Gasteiger partial charge in [0.15, 0.2) is 11.5 Å². The summed E-state index contributed by atoms with van der Waals surface area (Å²) in [6.07, 6.45) is 0. The van der Waals surface area contributed by atoms with Gasteiger partial charge in [0.25, 0.3) is 0 Å². The lowest BCUT2D eigenvalue weighted by atomic mass is 9.97. The van der Waals surface area contributed by atoms with Crippen molar-refractivity contribution in [2.24, 2.45) is 0 Å². The summed E-state index contributed by atoms with van der Waals surface area (Å²) >= 11 is 0. The zero-order valence-electron chi connectivity index (χ0n) is 12.8. The van der Waals surface area contributed by atoms with Crippen LogP contribution >= 0.6 is 0 Å². The average molecular weight is 289 g/mol. The van der Waals surface area contributed by atoms with Gasteiger partial charge in [0.2, 0.25) is 0 Å². The topological polar surface area (TPSA) is 30.5 Å². The first kappa shape index (κ1) is 15.3. The van der Waals surface area contributed by atoms with E-state index < -0.39 is 0 Å². The molecule has 112 valence electrons. The highest BCUT2D eigenvalue weighted by atomic mass is 19.1. The molecule has 0 atom stereocenters. The van der Waals surface area contributed by atoms with E-state index in [0.717, 1.165) is 16.7 Å². The van der Waals surface area contributed by atoms with Crippen LogP contribution in [0.15, 0.2) is 30.3 Å². The largest absolute Gasteiger partial charge is 0.493 e. The van der Waals surface area contributed by atoms with Crippen LogP contribution < -0.4 is 14.8 Å². The van der Waals surface area contributed by atoms with Crippen molar-refractivity contribution >= 4 is 0 Å². The van der Waals surface area contributed by atoms with Crippen molar-refractivity contribution in [1.29, 1.82) is 0 Å².